The molecular weight excluding hydrogens is 310 g/mol. The van der Waals surface area contributed by atoms with E-state index in [0.29, 0.717) is 6.61 Å². The number of hydrogen-bond donors (Lipinski definition) is 1. The third kappa shape index (κ3) is 3.18. The molecule has 1 saturated heterocycles. The van der Waals surface area contributed by atoms with Crippen molar-refractivity contribution >= 4 is 15.9 Å². The molecule has 0 amide bonds. The Labute approximate surface area is 122 Å². The summed E-state index contributed by atoms with van der Waals surface area (Å²) < 4.78 is 8.16. The highest BCUT2D eigenvalue weighted by atomic mass is 79.9. The third-order valence-electron chi connectivity index (χ3n) is 3.76. The second-order valence-corrected chi connectivity index (χ2v) is 6.43. The molecule has 0 aliphatic carbocycles. The Hall–Kier alpha value is -0.430. The van der Waals surface area contributed by atoms with Crippen LogP contribution in [0.3, 0.4) is 0 Å². The first-order valence-electron chi connectivity index (χ1n) is 6.59. The van der Waals surface area contributed by atoms with Crippen LogP contribution in [0.1, 0.15) is 19.0 Å². The van der Waals surface area contributed by atoms with Crippen molar-refractivity contribution in [2.24, 2.45) is 5.92 Å². The Bertz CT molecular complexity index is 426. The molecule has 1 aromatic rings. The van der Waals surface area contributed by atoms with Gasteiger partial charge in [0, 0.05) is 19.1 Å². The normalized spacial score (nSPS) is 22.9. The van der Waals surface area contributed by atoms with Crippen molar-refractivity contribution in [2.45, 2.75) is 25.5 Å². The first-order chi connectivity index (χ1) is 8.93. The number of halogens is 1. The van der Waals surface area contributed by atoms with Crippen LogP contribution in [-0.4, -0.2) is 53.6 Å². The highest BCUT2D eigenvalue weighted by molar-refractivity contribution is 9.10. The van der Waals surface area contributed by atoms with Gasteiger partial charge >= 0.3 is 0 Å². The summed E-state index contributed by atoms with van der Waals surface area (Å²) in [6.45, 7) is 4.85. The number of rotatable bonds is 5. The van der Waals surface area contributed by atoms with Crippen LogP contribution in [-0.2, 0) is 16.9 Å². The van der Waals surface area contributed by atoms with Crippen molar-refractivity contribution in [1.29, 1.82) is 0 Å². The predicted octanol–water partition coefficient (Wildman–Crippen LogP) is 1.45. The molecule has 0 aromatic carbocycles. The summed E-state index contributed by atoms with van der Waals surface area (Å²) in [7, 11) is 4.06. The minimum atomic E-state index is -0.919. The molecule has 1 aliphatic heterocycles. The molecule has 1 aliphatic rings. The van der Waals surface area contributed by atoms with Gasteiger partial charge in [-0.1, -0.05) is 0 Å². The zero-order valence-electron chi connectivity index (χ0n) is 11.8. The van der Waals surface area contributed by atoms with E-state index in [1.807, 2.05) is 25.7 Å². The molecule has 1 aromatic heterocycles. The van der Waals surface area contributed by atoms with Gasteiger partial charge in [-0.3, -0.25) is 4.68 Å². The summed E-state index contributed by atoms with van der Waals surface area (Å²) in [5, 5.41) is 15.3. The van der Waals surface area contributed by atoms with E-state index in [1.165, 1.54) is 0 Å². The summed E-state index contributed by atoms with van der Waals surface area (Å²) >= 11 is 3.51. The number of nitrogens with zero attached hydrogens (tertiary/aromatic N) is 3. The van der Waals surface area contributed by atoms with Crippen molar-refractivity contribution in [2.75, 3.05) is 33.9 Å². The van der Waals surface area contributed by atoms with Gasteiger partial charge in [-0.05, 0) is 43.4 Å². The molecule has 2 unspecified atom stereocenters. The smallest absolute Gasteiger partial charge is 0.110 e. The SMILES string of the molecule is CN(C)CCn1ncc(Br)c1C(C)(O)C1CCOC1. The molecule has 19 heavy (non-hydrogen) atoms. The van der Waals surface area contributed by atoms with Gasteiger partial charge < -0.3 is 14.7 Å². The van der Waals surface area contributed by atoms with Gasteiger partial charge in [0.2, 0.25) is 0 Å². The zero-order valence-corrected chi connectivity index (χ0v) is 13.4. The summed E-state index contributed by atoms with van der Waals surface area (Å²) in [5.74, 6) is 0.124. The van der Waals surface area contributed by atoms with E-state index in [1.54, 1.807) is 6.20 Å². The van der Waals surface area contributed by atoms with Crippen LogP contribution in [0.25, 0.3) is 0 Å². The van der Waals surface area contributed by atoms with Crippen LogP contribution < -0.4 is 0 Å². The van der Waals surface area contributed by atoms with Gasteiger partial charge in [-0.25, -0.2) is 0 Å². The van der Waals surface area contributed by atoms with E-state index in [9.17, 15) is 5.11 Å². The maximum atomic E-state index is 10.9. The molecule has 2 rings (SSSR count). The minimum Gasteiger partial charge on any atom is -0.383 e. The average Bonchev–Trinajstić information content (AvgIpc) is 2.95. The fraction of sp³-hybridized carbons (Fsp3) is 0.769. The Balaban J connectivity index is 2.24. The van der Waals surface area contributed by atoms with Gasteiger partial charge in [0.15, 0.2) is 0 Å². The Kier molecular flexibility index (Phi) is 4.66. The lowest BCUT2D eigenvalue weighted by Crippen LogP contribution is -2.36. The quantitative estimate of drug-likeness (QED) is 0.887. The lowest BCUT2D eigenvalue weighted by Gasteiger charge is -2.30. The fourth-order valence-corrected chi connectivity index (χ4v) is 3.20. The van der Waals surface area contributed by atoms with Crippen molar-refractivity contribution in [3.8, 4) is 0 Å². The van der Waals surface area contributed by atoms with E-state index in [2.05, 4.69) is 25.9 Å². The molecule has 108 valence electrons. The topological polar surface area (TPSA) is 50.5 Å². The molecular formula is C13H22BrN3O2. The van der Waals surface area contributed by atoms with E-state index >= 15 is 0 Å². The van der Waals surface area contributed by atoms with E-state index in [4.69, 9.17) is 4.74 Å². The van der Waals surface area contributed by atoms with Crippen LogP contribution in [0.4, 0.5) is 0 Å². The fourth-order valence-electron chi connectivity index (χ4n) is 2.50. The molecule has 0 radical (unpaired) electrons. The van der Waals surface area contributed by atoms with Crippen molar-refractivity contribution in [1.82, 2.24) is 14.7 Å². The maximum Gasteiger partial charge on any atom is 0.110 e. The lowest BCUT2D eigenvalue weighted by atomic mass is 9.85. The number of likely N-dealkylation sites (N-methyl/N-ethyl adjacent to an activating group) is 1. The summed E-state index contributed by atoms with van der Waals surface area (Å²) in [4.78, 5) is 2.10. The summed E-state index contributed by atoms with van der Waals surface area (Å²) in [6, 6.07) is 0. The Morgan fingerprint density at radius 1 is 1.63 bits per heavy atom. The number of aromatic nitrogens is 2. The highest BCUT2D eigenvalue weighted by Crippen LogP contribution is 2.38. The van der Waals surface area contributed by atoms with Crippen LogP contribution in [0.5, 0.6) is 0 Å². The second kappa shape index (κ2) is 5.91. The molecule has 2 atom stereocenters. The van der Waals surface area contributed by atoms with Gasteiger partial charge in [0.05, 0.1) is 29.5 Å². The minimum absolute atomic E-state index is 0.124. The van der Waals surface area contributed by atoms with Gasteiger partial charge in [-0.2, -0.15) is 5.10 Å². The molecule has 5 nitrogen and oxygen atoms in total. The molecule has 0 saturated carbocycles. The van der Waals surface area contributed by atoms with E-state index in [-0.39, 0.29) is 5.92 Å². The monoisotopic (exact) mass is 331 g/mol. The molecule has 6 heteroatoms. The first kappa shape index (κ1) is 15.0. The van der Waals surface area contributed by atoms with Gasteiger partial charge in [0.1, 0.15) is 5.60 Å². The van der Waals surface area contributed by atoms with Crippen LogP contribution in [0, 0.1) is 5.92 Å². The molecule has 2 heterocycles. The van der Waals surface area contributed by atoms with Crippen molar-refractivity contribution in [3.63, 3.8) is 0 Å². The van der Waals surface area contributed by atoms with Crippen molar-refractivity contribution < 1.29 is 9.84 Å². The zero-order chi connectivity index (χ0) is 14.0. The van der Waals surface area contributed by atoms with Gasteiger partial charge in [0.25, 0.3) is 0 Å². The van der Waals surface area contributed by atoms with Crippen LogP contribution in [0.2, 0.25) is 0 Å². The average molecular weight is 332 g/mol. The number of ether oxygens (including phenoxy) is 1. The second-order valence-electron chi connectivity index (χ2n) is 5.58. The largest absolute Gasteiger partial charge is 0.383 e. The third-order valence-corrected chi connectivity index (χ3v) is 4.34. The molecule has 1 fully saturated rings. The number of aliphatic hydroxyl groups is 1. The number of hydrogen-bond acceptors (Lipinski definition) is 4. The molecule has 1 N–H and O–H groups in total. The Morgan fingerprint density at radius 3 is 2.95 bits per heavy atom. The maximum absolute atomic E-state index is 10.9. The molecule has 0 spiro atoms. The van der Waals surface area contributed by atoms with Crippen LogP contribution in [0.15, 0.2) is 10.7 Å². The summed E-state index contributed by atoms with van der Waals surface area (Å²) in [5.41, 5.74) is -0.0668. The lowest BCUT2D eigenvalue weighted by molar-refractivity contribution is -0.0182. The van der Waals surface area contributed by atoms with Gasteiger partial charge in [-0.15, -0.1) is 0 Å². The Morgan fingerprint density at radius 2 is 2.37 bits per heavy atom. The predicted molar refractivity (Wildman–Crippen MR) is 77.0 cm³/mol. The highest BCUT2D eigenvalue weighted by Gasteiger charge is 2.40. The standard InChI is InChI=1S/C13H22BrN3O2/c1-13(18,10-4-7-19-9-10)12-11(14)8-15-17(12)6-5-16(2)3/h8,10,18H,4-7,9H2,1-3H3. The molecule has 0 bridgehead atoms. The van der Waals surface area contributed by atoms with E-state index < -0.39 is 5.60 Å². The van der Waals surface area contributed by atoms with Crippen molar-refractivity contribution in [3.05, 3.63) is 16.4 Å². The summed E-state index contributed by atoms with van der Waals surface area (Å²) in [6.07, 6.45) is 2.65. The van der Waals surface area contributed by atoms with Crippen LogP contribution >= 0.6 is 15.9 Å². The first-order valence-corrected chi connectivity index (χ1v) is 7.39. The van der Waals surface area contributed by atoms with E-state index in [0.717, 1.165) is 36.3 Å².